The van der Waals surface area contributed by atoms with E-state index in [1.54, 1.807) is 18.2 Å². The summed E-state index contributed by atoms with van der Waals surface area (Å²) in [6, 6.07) is 5.18. The van der Waals surface area contributed by atoms with E-state index in [-0.39, 0.29) is 6.61 Å². The van der Waals surface area contributed by atoms with Crippen LogP contribution in [-0.2, 0) is 6.42 Å². The summed E-state index contributed by atoms with van der Waals surface area (Å²) in [5.41, 5.74) is 0.765. The molecule has 0 saturated heterocycles. The number of aryl methyl sites for hydroxylation is 1. The highest BCUT2D eigenvalue weighted by atomic mass is 35.5. The van der Waals surface area contributed by atoms with Crippen LogP contribution in [0.3, 0.4) is 0 Å². The first-order valence-corrected chi connectivity index (χ1v) is 6.35. The molecule has 0 aliphatic rings. The largest absolute Gasteiger partial charge is 0.396 e. The second-order valence-electron chi connectivity index (χ2n) is 3.82. The van der Waals surface area contributed by atoms with Gasteiger partial charge in [0.1, 0.15) is 0 Å². The molecular weight excluding hydrogens is 275 g/mol. The quantitative estimate of drug-likeness (QED) is 0.857. The van der Waals surface area contributed by atoms with Crippen molar-refractivity contribution in [2.24, 2.45) is 0 Å². The molecular formula is C12H12Cl2N2O2. The van der Waals surface area contributed by atoms with Crippen molar-refractivity contribution in [3.63, 3.8) is 0 Å². The van der Waals surface area contributed by atoms with Crippen LogP contribution in [0.25, 0.3) is 11.4 Å². The van der Waals surface area contributed by atoms with E-state index in [9.17, 15) is 0 Å². The Morgan fingerprint density at radius 2 is 2.00 bits per heavy atom. The minimum atomic E-state index is 0.174. The SMILES string of the molecule is OCCCCc1nc(-c2ccc(Cl)c(Cl)c2)no1. The van der Waals surface area contributed by atoms with Crippen LogP contribution >= 0.6 is 23.2 Å². The van der Waals surface area contributed by atoms with Crippen LogP contribution in [0.2, 0.25) is 10.0 Å². The van der Waals surface area contributed by atoms with Gasteiger partial charge in [0.25, 0.3) is 0 Å². The molecule has 0 unspecified atom stereocenters. The number of halogens is 2. The first-order chi connectivity index (χ1) is 8.70. The molecule has 0 spiro atoms. The molecule has 2 rings (SSSR count). The second kappa shape index (κ2) is 6.18. The van der Waals surface area contributed by atoms with Gasteiger partial charge in [-0.3, -0.25) is 0 Å². The van der Waals surface area contributed by atoms with Crippen LogP contribution in [0, 0.1) is 0 Å². The van der Waals surface area contributed by atoms with Crippen molar-refractivity contribution >= 4 is 23.2 Å². The summed E-state index contributed by atoms with van der Waals surface area (Å²) < 4.78 is 5.12. The third-order valence-electron chi connectivity index (χ3n) is 2.44. The van der Waals surface area contributed by atoms with Gasteiger partial charge in [0, 0.05) is 18.6 Å². The molecule has 6 heteroatoms. The zero-order valence-corrected chi connectivity index (χ0v) is 11.1. The van der Waals surface area contributed by atoms with E-state index in [2.05, 4.69) is 10.1 Å². The monoisotopic (exact) mass is 286 g/mol. The molecule has 2 aromatic rings. The average molecular weight is 287 g/mol. The first-order valence-electron chi connectivity index (χ1n) is 5.59. The van der Waals surface area contributed by atoms with Crippen molar-refractivity contribution in [1.29, 1.82) is 0 Å². The second-order valence-corrected chi connectivity index (χ2v) is 4.64. The smallest absolute Gasteiger partial charge is 0.226 e. The Morgan fingerprint density at radius 3 is 2.72 bits per heavy atom. The average Bonchev–Trinajstić information content (AvgIpc) is 2.82. The van der Waals surface area contributed by atoms with Crippen LogP contribution in [0.5, 0.6) is 0 Å². The summed E-state index contributed by atoms with van der Waals surface area (Å²) in [4.78, 5) is 4.26. The number of aliphatic hydroxyl groups excluding tert-OH is 1. The van der Waals surface area contributed by atoms with Gasteiger partial charge in [-0.15, -0.1) is 0 Å². The lowest BCUT2D eigenvalue weighted by Gasteiger charge is -1.97. The van der Waals surface area contributed by atoms with Gasteiger partial charge in [-0.05, 0) is 31.0 Å². The van der Waals surface area contributed by atoms with Gasteiger partial charge in [0.15, 0.2) is 0 Å². The lowest BCUT2D eigenvalue weighted by atomic mass is 10.2. The number of rotatable bonds is 5. The third-order valence-corrected chi connectivity index (χ3v) is 3.18. The number of unbranched alkanes of at least 4 members (excludes halogenated alkanes) is 1. The van der Waals surface area contributed by atoms with E-state index in [1.807, 2.05) is 0 Å². The topological polar surface area (TPSA) is 59.2 Å². The van der Waals surface area contributed by atoms with Gasteiger partial charge in [-0.1, -0.05) is 28.4 Å². The first kappa shape index (κ1) is 13.3. The third kappa shape index (κ3) is 3.22. The summed E-state index contributed by atoms with van der Waals surface area (Å²) in [6.07, 6.45) is 2.21. The predicted molar refractivity (Wildman–Crippen MR) is 69.8 cm³/mol. The van der Waals surface area contributed by atoms with Crippen molar-refractivity contribution in [2.75, 3.05) is 6.61 Å². The van der Waals surface area contributed by atoms with Gasteiger partial charge < -0.3 is 9.63 Å². The molecule has 0 atom stereocenters. The Hall–Kier alpha value is -1.10. The van der Waals surface area contributed by atoms with Gasteiger partial charge >= 0.3 is 0 Å². The number of benzene rings is 1. The molecule has 1 aromatic heterocycles. The van der Waals surface area contributed by atoms with E-state index in [0.29, 0.717) is 28.2 Å². The molecule has 0 radical (unpaired) electrons. The highest BCUT2D eigenvalue weighted by molar-refractivity contribution is 6.42. The maximum Gasteiger partial charge on any atom is 0.226 e. The molecule has 0 aliphatic carbocycles. The van der Waals surface area contributed by atoms with Gasteiger partial charge in [-0.2, -0.15) is 4.98 Å². The van der Waals surface area contributed by atoms with E-state index in [4.69, 9.17) is 32.8 Å². The van der Waals surface area contributed by atoms with E-state index >= 15 is 0 Å². The summed E-state index contributed by atoms with van der Waals surface area (Å²) in [7, 11) is 0. The molecule has 1 N–H and O–H groups in total. The number of aliphatic hydroxyl groups is 1. The van der Waals surface area contributed by atoms with Crippen molar-refractivity contribution in [3.8, 4) is 11.4 Å². The zero-order valence-electron chi connectivity index (χ0n) is 9.57. The summed E-state index contributed by atoms with van der Waals surface area (Å²) in [5, 5.41) is 13.5. The van der Waals surface area contributed by atoms with Crippen LogP contribution < -0.4 is 0 Å². The lowest BCUT2D eigenvalue weighted by molar-refractivity contribution is 0.281. The minimum absolute atomic E-state index is 0.174. The molecule has 0 fully saturated rings. The highest BCUT2D eigenvalue weighted by Crippen LogP contribution is 2.27. The number of hydrogen-bond donors (Lipinski definition) is 1. The van der Waals surface area contributed by atoms with Gasteiger partial charge in [0.05, 0.1) is 10.0 Å². The van der Waals surface area contributed by atoms with Crippen molar-refractivity contribution in [3.05, 3.63) is 34.1 Å². The molecule has 1 heterocycles. The minimum Gasteiger partial charge on any atom is -0.396 e. The maximum absolute atomic E-state index is 8.69. The molecule has 0 bridgehead atoms. The number of nitrogens with zero attached hydrogens (tertiary/aromatic N) is 2. The Balaban J connectivity index is 2.11. The Bertz CT molecular complexity index is 529. The normalized spacial score (nSPS) is 10.8. The van der Waals surface area contributed by atoms with Crippen LogP contribution in [0.1, 0.15) is 18.7 Å². The van der Waals surface area contributed by atoms with Crippen LogP contribution in [-0.4, -0.2) is 21.9 Å². The Morgan fingerprint density at radius 1 is 1.17 bits per heavy atom. The molecule has 18 heavy (non-hydrogen) atoms. The van der Waals surface area contributed by atoms with E-state index in [0.717, 1.165) is 18.4 Å². The standard InChI is InChI=1S/C12H12Cl2N2O2/c13-9-5-4-8(7-10(9)14)12-15-11(18-16-12)3-1-2-6-17/h4-5,7,17H,1-3,6H2. The molecule has 4 nitrogen and oxygen atoms in total. The fourth-order valence-corrected chi connectivity index (χ4v) is 1.80. The molecule has 0 amide bonds. The number of hydrogen-bond acceptors (Lipinski definition) is 4. The molecule has 0 aliphatic heterocycles. The molecule has 1 aromatic carbocycles. The maximum atomic E-state index is 8.69. The highest BCUT2D eigenvalue weighted by Gasteiger charge is 2.09. The van der Waals surface area contributed by atoms with Crippen LogP contribution in [0.15, 0.2) is 22.7 Å². The fourth-order valence-electron chi connectivity index (χ4n) is 1.50. The zero-order chi connectivity index (χ0) is 13.0. The number of aromatic nitrogens is 2. The van der Waals surface area contributed by atoms with Crippen molar-refractivity contribution < 1.29 is 9.63 Å². The Labute approximate surface area is 115 Å². The van der Waals surface area contributed by atoms with Gasteiger partial charge in [0.2, 0.25) is 11.7 Å². The molecule has 0 saturated carbocycles. The molecule has 96 valence electrons. The van der Waals surface area contributed by atoms with Crippen LogP contribution in [0.4, 0.5) is 0 Å². The fraction of sp³-hybridized carbons (Fsp3) is 0.333. The predicted octanol–water partition coefficient (Wildman–Crippen LogP) is 3.36. The van der Waals surface area contributed by atoms with Gasteiger partial charge in [-0.25, -0.2) is 0 Å². The van der Waals surface area contributed by atoms with E-state index in [1.165, 1.54) is 0 Å². The van der Waals surface area contributed by atoms with E-state index < -0.39 is 0 Å². The lowest BCUT2D eigenvalue weighted by Crippen LogP contribution is -1.89. The summed E-state index contributed by atoms with van der Waals surface area (Å²) in [5.74, 6) is 1.05. The summed E-state index contributed by atoms with van der Waals surface area (Å²) >= 11 is 11.8. The summed E-state index contributed by atoms with van der Waals surface area (Å²) in [6.45, 7) is 0.174. The Kier molecular flexibility index (Phi) is 4.58. The van der Waals surface area contributed by atoms with Crippen molar-refractivity contribution in [1.82, 2.24) is 10.1 Å². The van der Waals surface area contributed by atoms with Crippen molar-refractivity contribution in [2.45, 2.75) is 19.3 Å².